The van der Waals surface area contributed by atoms with E-state index in [0.717, 1.165) is 17.8 Å². The summed E-state index contributed by atoms with van der Waals surface area (Å²) in [5, 5.41) is 0. The van der Waals surface area contributed by atoms with Crippen LogP contribution in [0.5, 0.6) is 0 Å². The maximum Gasteiger partial charge on any atom is 0.228 e. The van der Waals surface area contributed by atoms with Crippen LogP contribution in [-0.4, -0.2) is 28.0 Å². The summed E-state index contributed by atoms with van der Waals surface area (Å²) < 4.78 is 0. The molecule has 4 heteroatoms. The first-order valence-electron chi connectivity index (χ1n) is 6.07. The number of aromatic nitrogens is 3. The Labute approximate surface area is 97.1 Å². The summed E-state index contributed by atoms with van der Waals surface area (Å²) in [6.45, 7) is 4.64. The predicted molar refractivity (Wildman–Crippen MR) is 64.2 cm³/mol. The van der Waals surface area contributed by atoms with E-state index in [-0.39, 0.29) is 0 Å². The Balaban J connectivity index is 2.04. The standard InChI is InChI=1S/C12H20N4/c1-4-10-6-11(5-9(10)2)16(3)12-14-7-13-8-15-12/h7-11H,4-6H2,1-3H3/t9-,10-,11-/m0/s1. The van der Waals surface area contributed by atoms with Crippen LogP contribution in [0.15, 0.2) is 12.7 Å². The summed E-state index contributed by atoms with van der Waals surface area (Å²) in [4.78, 5) is 14.5. The van der Waals surface area contributed by atoms with E-state index >= 15 is 0 Å². The zero-order valence-corrected chi connectivity index (χ0v) is 10.3. The molecule has 88 valence electrons. The van der Waals surface area contributed by atoms with Gasteiger partial charge in [0.1, 0.15) is 12.7 Å². The maximum absolute atomic E-state index is 4.20. The van der Waals surface area contributed by atoms with E-state index in [9.17, 15) is 0 Å². The first kappa shape index (κ1) is 11.3. The van der Waals surface area contributed by atoms with Gasteiger partial charge in [-0.15, -0.1) is 0 Å². The van der Waals surface area contributed by atoms with Crippen molar-refractivity contribution < 1.29 is 0 Å². The minimum Gasteiger partial charge on any atom is -0.341 e. The van der Waals surface area contributed by atoms with Crippen LogP contribution in [0.25, 0.3) is 0 Å². The highest BCUT2D eigenvalue weighted by molar-refractivity contribution is 5.28. The van der Waals surface area contributed by atoms with Gasteiger partial charge in [0.15, 0.2) is 0 Å². The third-order valence-corrected chi connectivity index (χ3v) is 3.89. The van der Waals surface area contributed by atoms with E-state index in [1.54, 1.807) is 12.7 Å². The van der Waals surface area contributed by atoms with Crippen molar-refractivity contribution >= 4 is 5.95 Å². The maximum atomic E-state index is 4.20. The summed E-state index contributed by atoms with van der Waals surface area (Å²) in [6.07, 6.45) is 6.92. The van der Waals surface area contributed by atoms with E-state index in [0.29, 0.717) is 6.04 Å². The smallest absolute Gasteiger partial charge is 0.228 e. The normalized spacial score (nSPS) is 29.3. The molecule has 1 saturated carbocycles. The molecule has 0 N–H and O–H groups in total. The van der Waals surface area contributed by atoms with Gasteiger partial charge in [0, 0.05) is 13.1 Å². The summed E-state index contributed by atoms with van der Waals surface area (Å²) in [7, 11) is 2.09. The zero-order valence-electron chi connectivity index (χ0n) is 10.3. The van der Waals surface area contributed by atoms with Gasteiger partial charge in [-0.3, -0.25) is 0 Å². The van der Waals surface area contributed by atoms with Gasteiger partial charge in [-0.2, -0.15) is 0 Å². The molecule has 16 heavy (non-hydrogen) atoms. The molecular weight excluding hydrogens is 200 g/mol. The summed E-state index contributed by atoms with van der Waals surface area (Å²) in [5.41, 5.74) is 0. The molecule has 4 nitrogen and oxygen atoms in total. The Kier molecular flexibility index (Phi) is 3.36. The van der Waals surface area contributed by atoms with Crippen molar-refractivity contribution in [3.63, 3.8) is 0 Å². The van der Waals surface area contributed by atoms with Crippen LogP contribution in [-0.2, 0) is 0 Å². The molecule has 0 saturated heterocycles. The summed E-state index contributed by atoms with van der Waals surface area (Å²) in [5.74, 6) is 2.47. The van der Waals surface area contributed by atoms with E-state index < -0.39 is 0 Å². The van der Waals surface area contributed by atoms with E-state index in [1.165, 1.54) is 19.3 Å². The van der Waals surface area contributed by atoms with E-state index in [2.05, 4.69) is 40.7 Å². The van der Waals surface area contributed by atoms with Gasteiger partial charge in [-0.25, -0.2) is 15.0 Å². The largest absolute Gasteiger partial charge is 0.341 e. The quantitative estimate of drug-likeness (QED) is 0.782. The summed E-state index contributed by atoms with van der Waals surface area (Å²) in [6, 6.07) is 0.586. The molecule has 0 aromatic carbocycles. The second kappa shape index (κ2) is 4.76. The molecule has 1 heterocycles. The van der Waals surface area contributed by atoms with Gasteiger partial charge in [-0.05, 0) is 24.7 Å². The van der Waals surface area contributed by atoms with Crippen molar-refractivity contribution in [1.29, 1.82) is 0 Å². The average molecular weight is 220 g/mol. The first-order chi connectivity index (χ1) is 7.72. The number of rotatable bonds is 3. The highest BCUT2D eigenvalue weighted by atomic mass is 15.3. The Hall–Kier alpha value is -1.19. The monoisotopic (exact) mass is 220 g/mol. The predicted octanol–water partition coefficient (Wildman–Crippen LogP) is 2.13. The molecule has 1 aliphatic carbocycles. The second-order valence-corrected chi connectivity index (χ2v) is 4.82. The Bertz CT molecular complexity index is 327. The third-order valence-electron chi connectivity index (χ3n) is 3.89. The van der Waals surface area contributed by atoms with Crippen molar-refractivity contribution in [1.82, 2.24) is 15.0 Å². The second-order valence-electron chi connectivity index (χ2n) is 4.82. The van der Waals surface area contributed by atoms with Gasteiger partial charge in [0.25, 0.3) is 0 Å². The Morgan fingerprint density at radius 3 is 2.56 bits per heavy atom. The Morgan fingerprint density at radius 1 is 1.31 bits per heavy atom. The van der Waals surface area contributed by atoms with Crippen LogP contribution >= 0.6 is 0 Å². The van der Waals surface area contributed by atoms with E-state index in [4.69, 9.17) is 0 Å². The van der Waals surface area contributed by atoms with Crippen LogP contribution in [0.1, 0.15) is 33.1 Å². The minimum atomic E-state index is 0.586. The third kappa shape index (κ3) is 2.15. The van der Waals surface area contributed by atoms with Crippen molar-refractivity contribution in [3.8, 4) is 0 Å². The average Bonchev–Trinajstić information content (AvgIpc) is 2.71. The lowest BCUT2D eigenvalue weighted by Crippen LogP contribution is -2.31. The topological polar surface area (TPSA) is 41.9 Å². The fourth-order valence-electron chi connectivity index (χ4n) is 2.76. The van der Waals surface area contributed by atoms with Crippen LogP contribution in [0.4, 0.5) is 5.95 Å². The first-order valence-corrected chi connectivity index (χ1v) is 6.07. The lowest BCUT2D eigenvalue weighted by Gasteiger charge is -2.24. The van der Waals surface area contributed by atoms with Gasteiger partial charge in [-0.1, -0.05) is 20.3 Å². The number of anilines is 1. The molecule has 1 aliphatic rings. The molecule has 0 radical (unpaired) electrons. The molecule has 1 aromatic heterocycles. The number of hydrogen-bond acceptors (Lipinski definition) is 4. The molecule has 1 fully saturated rings. The SMILES string of the molecule is CC[C@H]1C[C@@H](N(C)c2ncncn2)C[C@@H]1C. The Morgan fingerprint density at radius 2 is 2.00 bits per heavy atom. The minimum absolute atomic E-state index is 0.586. The van der Waals surface area contributed by atoms with Crippen LogP contribution in [0.3, 0.4) is 0 Å². The molecular formula is C12H20N4. The van der Waals surface area contributed by atoms with Crippen molar-refractivity contribution in [3.05, 3.63) is 12.7 Å². The van der Waals surface area contributed by atoms with Crippen LogP contribution in [0, 0.1) is 11.8 Å². The molecule has 1 aromatic rings. The lowest BCUT2D eigenvalue weighted by molar-refractivity contribution is 0.407. The fourth-order valence-corrected chi connectivity index (χ4v) is 2.76. The molecule has 0 amide bonds. The van der Waals surface area contributed by atoms with Crippen LogP contribution in [0.2, 0.25) is 0 Å². The molecule has 0 spiro atoms. The molecule has 0 bridgehead atoms. The van der Waals surface area contributed by atoms with Gasteiger partial charge >= 0.3 is 0 Å². The molecule has 2 rings (SSSR count). The molecule has 3 atom stereocenters. The fraction of sp³-hybridized carbons (Fsp3) is 0.750. The summed E-state index contributed by atoms with van der Waals surface area (Å²) >= 11 is 0. The molecule has 0 unspecified atom stereocenters. The number of hydrogen-bond donors (Lipinski definition) is 0. The van der Waals surface area contributed by atoms with Gasteiger partial charge in [0.2, 0.25) is 5.95 Å². The highest BCUT2D eigenvalue weighted by Gasteiger charge is 2.33. The lowest BCUT2D eigenvalue weighted by atomic mass is 9.96. The highest BCUT2D eigenvalue weighted by Crippen LogP contribution is 2.36. The van der Waals surface area contributed by atoms with Crippen molar-refractivity contribution in [2.24, 2.45) is 11.8 Å². The van der Waals surface area contributed by atoms with Crippen molar-refractivity contribution in [2.75, 3.05) is 11.9 Å². The van der Waals surface area contributed by atoms with Gasteiger partial charge in [0.05, 0.1) is 0 Å². The van der Waals surface area contributed by atoms with E-state index in [1.807, 2.05) is 0 Å². The number of nitrogens with zero attached hydrogens (tertiary/aromatic N) is 4. The molecule has 0 aliphatic heterocycles. The zero-order chi connectivity index (χ0) is 11.5. The van der Waals surface area contributed by atoms with Gasteiger partial charge < -0.3 is 4.90 Å². The van der Waals surface area contributed by atoms with Crippen molar-refractivity contribution in [2.45, 2.75) is 39.2 Å². The van der Waals surface area contributed by atoms with Crippen LogP contribution < -0.4 is 4.90 Å².